The Morgan fingerprint density at radius 3 is 2.73 bits per heavy atom. The van der Waals surface area contributed by atoms with Gasteiger partial charge in [0.25, 0.3) is 5.91 Å². The summed E-state index contributed by atoms with van der Waals surface area (Å²) in [5.74, 6) is 0.902. The predicted molar refractivity (Wildman–Crippen MR) is 142 cm³/mol. The van der Waals surface area contributed by atoms with Gasteiger partial charge < -0.3 is 24.0 Å². The van der Waals surface area contributed by atoms with E-state index in [2.05, 4.69) is 42.6 Å². The Hall–Kier alpha value is -3.36. The maximum absolute atomic E-state index is 13.9. The van der Waals surface area contributed by atoms with Gasteiger partial charge in [-0.15, -0.1) is 11.3 Å². The minimum Gasteiger partial charge on any atom is -0.454 e. The van der Waals surface area contributed by atoms with Crippen LogP contribution in [0.3, 0.4) is 0 Å². The quantitative estimate of drug-likeness (QED) is 0.378. The summed E-state index contributed by atoms with van der Waals surface area (Å²) in [4.78, 5) is 32.3. The van der Waals surface area contributed by atoms with Crippen LogP contribution in [0, 0.1) is 6.92 Å². The summed E-state index contributed by atoms with van der Waals surface area (Å²) in [5.41, 5.74) is 3.92. The smallest absolute Gasteiger partial charge is 0.254 e. The van der Waals surface area contributed by atoms with Gasteiger partial charge in [0.1, 0.15) is 6.54 Å². The second-order valence-electron chi connectivity index (χ2n) is 9.29. The molecule has 1 unspecified atom stereocenters. The normalized spacial score (nSPS) is 15.9. The van der Waals surface area contributed by atoms with E-state index < -0.39 is 0 Å². The number of amides is 2. The summed E-state index contributed by atoms with van der Waals surface area (Å²) in [7, 11) is 0. The summed E-state index contributed by atoms with van der Waals surface area (Å²) in [6, 6.07) is 15.5. The standard InChI is InChI=1S/C29H32N2O5S/c1-3-34-15-4-13-30(29(33)22-9-10-24-25(17-22)36-19-35-24)18-27(32)31-14-11-26-23(12-16-37-26)28(31)21-7-5-20(2)6-8-21/h5-10,12,16-17,28H,3-4,11,13-15,18-19H2,1-2H3. The molecule has 7 nitrogen and oxygen atoms in total. The number of carbonyl (C=O) groups excluding carboxylic acids is 2. The zero-order valence-electron chi connectivity index (χ0n) is 21.3. The van der Waals surface area contributed by atoms with Gasteiger partial charge in [-0.1, -0.05) is 29.8 Å². The third-order valence-electron chi connectivity index (χ3n) is 6.83. The molecule has 2 amide bonds. The van der Waals surface area contributed by atoms with Crippen molar-refractivity contribution in [2.24, 2.45) is 0 Å². The van der Waals surface area contributed by atoms with Crippen LogP contribution in [0.15, 0.2) is 53.9 Å². The Balaban J connectivity index is 1.39. The molecule has 37 heavy (non-hydrogen) atoms. The van der Waals surface area contributed by atoms with Crippen molar-refractivity contribution in [1.29, 1.82) is 0 Å². The molecule has 5 rings (SSSR count). The van der Waals surface area contributed by atoms with Gasteiger partial charge in [0.05, 0.1) is 6.04 Å². The first kappa shape index (κ1) is 25.3. The van der Waals surface area contributed by atoms with Crippen molar-refractivity contribution < 1.29 is 23.8 Å². The van der Waals surface area contributed by atoms with Crippen molar-refractivity contribution in [3.63, 3.8) is 0 Å². The highest BCUT2D eigenvalue weighted by molar-refractivity contribution is 7.10. The van der Waals surface area contributed by atoms with Crippen LogP contribution in [0.2, 0.25) is 0 Å². The average molecular weight is 521 g/mol. The fourth-order valence-electron chi connectivity index (χ4n) is 4.91. The van der Waals surface area contributed by atoms with Crippen LogP contribution < -0.4 is 9.47 Å². The maximum Gasteiger partial charge on any atom is 0.254 e. The predicted octanol–water partition coefficient (Wildman–Crippen LogP) is 4.83. The van der Waals surface area contributed by atoms with Gasteiger partial charge in [-0.25, -0.2) is 0 Å². The van der Waals surface area contributed by atoms with Crippen molar-refractivity contribution in [3.8, 4) is 11.5 Å². The second kappa shape index (κ2) is 11.4. The van der Waals surface area contributed by atoms with Gasteiger partial charge in [0.15, 0.2) is 11.5 Å². The lowest BCUT2D eigenvalue weighted by Gasteiger charge is -2.37. The number of carbonyl (C=O) groups is 2. The van der Waals surface area contributed by atoms with Crippen LogP contribution in [0.1, 0.15) is 51.3 Å². The van der Waals surface area contributed by atoms with E-state index in [1.165, 1.54) is 16.0 Å². The number of ether oxygens (including phenoxy) is 3. The Labute approximate surface area is 221 Å². The fourth-order valence-corrected chi connectivity index (χ4v) is 5.82. The van der Waals surface area contributed by atoms with Crippen LogP contribution in [-0.2, 0) is 16.0 Å². The van der Waals surface area contributed by atoms with Crippen molar-refractivity contribution in [1.82, 2.24) is 9.80 Å². The van der Waals surface area contributed by atoms with Gasteiger partial charge >= 0.3 is 0 Å². The first-order valence-corrected chi connectivity index (χ1v) is 13.6. The minimum absolute atomic E-state index is 0.00122. The molecule has 1 aromatic heterocycles. The number of hydrogen-bond acceptors (Lipinski definition) is 6. The summed E-state index contributed by atoms with van der Waals surface area (Å²) < 4.78 is 16.4. The van der Waals surface area contributed by atoms with Crippen molar-refractivity contribution >= 4 is 23.2 Å². The lowest BCUT2D eigenvalue weighted by molar-refractivity contribution is -0.134. The van der Waals surface area contributed by atoms with Gasteiger partial charge in [-0.05, 0) is 67.5 Å². The molecule has 0 aliphatic carbocycles. The summed E-state index contributed by atoms with van der Waals surface area (Å²) in [6.07, 6.45) is 1.47. The van der Waals surface area contributed by atoms with Crippen molar-refractivity contribution in [2.45, 2.75) is 32.7 Å². The van der Waals surface area contributed by atoms with E-state index in [1.807, 2.05) is 11.8 Å². The summed E-state index contributed by atoms with van der Waals surface area (Å²) in [6.45, 7) is 6.34. The molecule has 194 valence electrons. The Morgan fingerprint density at radius 2 is 1.92 bits per heavy atom. The third kappa shape index (κ3) is 5.50. The number of nitrogens with zero attached hydrogens (tertiary/aromatic N) is 2. The van der Waals surface area contributed by atoms with Gasteiger partial charge in [0, 0.05) is 36.7 Å². The maximum atomic E-state index is 13.9. The van der Waals surface area contributed by atoms with Crippen molar-refractivity contribution in [3.05, 3.63) is 81.0 Å². The molecule has 0 radical (unpaired) electrons. The van der Waals surface area contributed by atoms with Gasteiger partial charge in [-0.3, -0.25) is 9.59 Å². The number of fused-ring (bicyclic) bond motifs is 2. The van der Waals surface area contributed by atoms with Gasteiger partial charge in [-0.2, -0.15) is 0 Å². The first-order valence-electron chi connectivity index (χ1n) is 12.7. The number of hydrogen-bond donors (Lipinski definition) is 0. The fraction of sp³-hybridized carbons (Fsp3) is 0.379. The van der Waals surface area contributed by atoms with E-state index in [0.717, 1.165) is 12.0 Å². The van der Waals surface area contributed by atoms with Crippen LogP contribution in [-0.4, -0.2) is 61.3 Å². The van der Waals surface area contributed by atoms with E-state index in [0.29, 0.717) is 49.8 Å². The second-order valence-corrected chi connectivity index (χ2v) is 10.3. The molecule has 2 aliphatic rings. The number of benzene rings is 2. The zero-order valence-corrected chi connectivity index (χ0v) is 22.1. The minimum atomic E-state index is -0.205. The first-order chi connectivity index (χ1) is 18.0. The number of aryl methyl sites for hydroxylation is 1. The highest BCUT2D eigenvalue weighted by atomic mass is 32.1. The topological polar surface area (TPSA) is 68.3 Å². The lowest BCUT2D eigenvalue weighted by atomic mass is 9.92. The van der Waals surface area contributed by atoms with Crippen LogP contribution in [0.4, 0.5) is 0 Å². The van der Waals surface area contributed by atoms with Crippen LogP contribution >= 0.6 is 11.3 Å². The molecule has 3 heterocycles. The van der Waals surface area contributed by atoms with Crippen LogP contribution in [0.5, 0.6) is 11.5 Å². The van der Waals surface area contributed by atoms with Crippen molar-refractivity contribution in [2.75, 3.05) is 39.6 Å². The van der Waals surface area contributed by atoms with Crippen LogP contribution in [0.25, 0.3) is 0 Å². The van der Waals surface area contributed by atoms with E-state index in [4.69, 9.17) is 14.2 Å². The molecule has 0 spiro atoms. The molecule has 0 saturated carbocycles. The average Bonchev–Trinajstić information content (AvgIpc) is 3.59. The molecule has 3 aromatic rings. The van der Waals surface area contributed by atoms with E-state index in [9.17, 15) is 9.59 Å². The number of thiophene rings is 1. The van der Waals surface area contributed by atoms with E-state index in [1.54, 1.807) is 34.4 Å². The largest absolute Gasteiger partial charge is 0.454 e. The Bertz CT molecular complexity index is 1260. The van der Waals surface area contributed by atoms with E-state index in [-0.39, 0.29) is 31.2 Å². The monoisotopic (exact) mass is 520 g/mol. The SMILES string of the molecule is CCOCCCN(CC(=O)N1CCc2sccc2C1c1ccc(C)cc1)C(=O)c1ccc2c(c1)OCO2. The molecular formula is C29H32N2O5S. The lowest BCUT2D eigenvalue weighted by Crippen LogP contribution is -2.47. The number of rotatable bonds is 9. The van der Waals surface area contributed by atoms with Gasteiger partial charge in [0.2, 0.25) is 12.7 Å². The molecule has 0 fully saturated rings. The van der Waals surface area contributed by atoms with E-state index >= 15 is 0 Å². The molecule has 0 bridgehead atoms. The molecule has 2 aromatic carbocycles. The molecule has 2 aliphatic heterocycles. The molecule has 0 N–H and O–H groups in total. The summed E-state index contributed by atoms with van der Waals surface area (Å²) >= 11 is 1.74. The zero-order chi connectivity index (χ0) is 25.8. The molecular weight excluding hydrogens is 488 g/mol. The summed E-state index contributed by atoms with van der Waals surface area (Å²) in [5, 5.41) is 2.10. The highest BCUT2D eigenvalue weighted by Gasteiger charge is 2.34. The highest BCUT2D eigenvalue weighted by Crippen LogP contribution is 2.38. The molecule has 0 saturated heterocycles. The molecule has 8 heteroatoms. The Morgan fingerprint density at radius 1 is 1.11 bits per heavy atom. The molecule has 1 atom stereocenters. The Kier molecular flexibility index (Phi) is 7.76. The third-order valence-corrected chi connectivity index (χ3v) is 7.83.